The van der Waals surface area contributed by atoms with Crippen molar-refractivity contribution >= 4 is 29.1 Å². The van der Waals surface area contributed by atoms with Crippen molar-refractivity contribution in [3.63, 3.8) is 0 Å². The van der Waals surface area contributed by atoms with Gasteiger partial charge in [0, 0.05) is 88.9 Å². The summed E-state index contributed by atoms with van der Waals surface area (Å²) in [6.45, 7) is 8.41. The number of aliphatic hydroxyl groups excluding tert-OH is 9. The number of cyclic esters (lactones) is 1. The summed E-state index contributed by atoms with van der Waals surface area (Å²) < 4.78 is 29.8. The number of rotatable bonds is 14. The third kappa shape index (κ3) is 25.6. The van der Waals surface area contributed by atoms with Crippen molar-refractivity contribution in [3.05, 3.63) is 115 Å². The van der Waals surface area contributed by atoms with Crippen LogP contribution in [0.1, 0.15) is 108 Å². The number of Topliss-reactive ketones (excluding diaryl/α,β-unsaturated/α-hetero) is 2. The van der Waals surface area contributed by atoms with Crippen LogP contribution >= 0.6 is 0 Å². The second kappa shape index (κ2) is 37.9. The van der Waals surface area contributed by atoms with Gasteiger partial charge in [0.25, 0.3) is 0 Å². The molecule has 1 aromatic rings. The Morgan fingerprint density at radius 1 is 0.739 bits per heavy atom. The number of nitrogens with zero attached hydrogens (tertiary/aromatic N) is 1. The molecule has 14 unspecified atom stereocenters. The van der Waals surface area contributed by atoms with Crippen LogP contribution in [-0.2, 0) is 38.1 Å². The summed E-state index contributed by atoms with van der Waals surface area (Å²) in [5.74, 6) is -6.48. The highest BCUT2D eigenvalue weighted by Gasteiger charge is 2.51. The van der Waals surface area contributed by atoms with Gasteiger partial charge in [0.05, 0.1) is 98.7 Å². The van der Waals surface area contributed by atoms with Crippen LogP contribution in [0, 0.1) is 17.8 Å². The fourth-order valence-electron chi connectivity index (χ4n) is 11.4. The molecule has 0 spiro atoms. The van der Waals surface area contributed by atoms with E-state index in [0.29, 0.717) is 44.8 Å². The number of amides is 1. The number of ketones is 2. The number of carbonyl (C=O) groups excluding carboxylic acids is 4. The van der Waals surface area contributed by atoms with Gasteiger partial charge in [-0.25, -0.2) is 0 Å². The van der Waals surface area contributed by atoms with Crippen LogP contribution in [0.25, 0.3) is 0 Å². The minimum Gasteiger partial charge on any atom is -0.461 e. The van der Waals surface area contributed by atoms with Crippen LogP contribution in [0.2, 0.25) is 0 Å². The lowest BCUT2D eigenvalue weighted by atomic mass is 9.82. The highest BCUT2D eigenvalue weighted by molar-refractivity contribution is 5.96. The maximum absolute atomic E-state index is 14.1. The zero-order valence-electron chi connectivity index (χ0n) is 51.2. The summed E-state index contributed by atoms with van der Waals surface area (Å²) in [4.78, 5) is 55.6. The molecule has 88 heavy (non-hydrogen) atoms. The molecule has 3 saturated heterocycles. The quantitative estimate of drug-likeness (QED) is 0.0937. The third-order valence-corrected chi connectivity index (χ3v) is 16.2. The van der Waals surface area contributed by atoms with Crippen molar-refractivity contribution in [3.8, 4) is 0 Å². The Kier molecular flexibility index (Phi) is 31.7. The van der Waals surface area contributed by atoms with Crippen LogP contribution in [0.5, 0.6) is 0 Å². The van der Waals surface area contributed by atoms with Gasteiger partial charge in [-0.05, 0) is 69.2 Å². The van der Waals surface area contributed by atoms with E-state index in [0.717, 1.165) is 5.69 Å². The molecule has 1 amide bonds. The summed E-state index contributed by atoms with van der Waals surface area (Å²) in [5.41, 5.74) is 7.47. The Morgan fingerprint density at radius 2 is 1.32 bits per heavy atom. The van der Waals surface area contributed by atoms with E-state index in [9.17, 15) is 70.2 Å². The molecule has 0 saturated carbocycles. The number of carbonyl (C=O) groups is 4. The average molecular weight is 1240 g/mol. The summed E-state index contributed by atoms with van der Waals surface area (Å²) in [7, 11) is 1.77. The molecule has 0 aromatic heterocycles. The number of esters is 1. The van der Waals surface area contributed by atoms with Crippen molar-refractivity contribution < 1.29 is 93.9 Å². The molecule has 492 valence electrons. The average Bonchev–Trinajstić information content (AvgIpc) is 0.946. The van der Waals surface area contributed by atoms with Gasteiger partial charge in [-0.15, -0.1) is 0 Å². The second-order valence-electron chi connectivity index (χ2n) is 23.8. The number of anilines is 1. The Bertz CT molecular complexity index is 2500. The maximum atomic E-state index is 14.1. The predicted molar refractivity (Wildman–Crippen MR) is 328 cm³/mol. The minimum atomic E-state index is -2.29. The van der Waals surface area contributed by atoms with Gasteiger partial charge in [0.15, 0.2) is 17.9 Å². The summed E-state index contributed by atoms with van der Waals surface area (Å²) >= 11 is 0. The number of aliphatic hydroxyl groups is 10. The lowest BCUT2D eigenvalue weighted by molar-refractivity contribution is -0.307. The molecule has 1 aromatic carbocycles. The van der Waals surface area contributed by atoms with E-state index in [1.54, 1.807) is 117 Å². The Morgan fingerprint density at radius 3 is 1.94 bits per heavy atom. The van der Waals surface area contributed by atoms with Crippen LogP contribution in [0.15, 0.2) is 109 Å². The number of nitrogens with one attached hydrogen (secondary N) is 2. The first-order valence-electron chi connectivity index (χ1n) is 30.8. The first kappa shape index (κ1) is 73.6. The predicted octanol–water partition coefficient (Wildman–Crippen LogP) is 2.11. The molecule has 5 rings (SSSR count). The molecule has 19 atom stereocenters. The Labute approximate surface area is 516 Å². The van der Waals surface area contributed by atoms with Gasteiger partial charge in [-0.2, -0.15) is 0 Å². The normalized spacial score (nSPS) is 36.9. The smallest absolute Gasteiger partial charge is 0.308 e. The number of allylic oxidation sites excluding steroid dienone is 12. The largest absolute Gasteiger partial charge is 0.461 e. The topological polar surface area (TPSA) is 370 Å². The highest BCUT2D eigenvalue weighted by atomic mass is 16.7. The molecule has 4 aliphatic rings. The van der Waals surface area contributed by atoms with Crippen LogP contribution in [0.4, 0.5) is 5.69 Å². The van der Waals surface area contributed by atoms with Crippen molar-refractivity contribution in [2.75, 3.05) is 51.8 Å². The van der Waals surface area contributed by atoms with E-state index in [4.69, 9.17) is 29.4 Å². The van der Waals surface area contributed by atoms with E-state index in [-0.39, 0.29) is 56.3 Å². The van der Waals surface area contributed by atoms with E-state index in [2.05, 4.69) is 15.5 Å². The van der Waals surface area contributed by atoms with Crippen LogP contribution in [-0.4, -0.2) is 223 Å². The fourth-order valence-corrected chi connectivity index (χ4v) is 11.4. The van der Waals surface area contributed by atoms with Gasteiger partial charge in [-0.1, -0.05) is 98.9 Å². The van der Waals surface area contributed by atoms with Crippen molar-refractivity contribution in [1.29, 1.82) is 0 Å². The number of morpholine rings is 1. The van der Waals surface area contributed by atoms with Gasteiger partial charge in [-0.3, -0.25) is 24.1 Å². The standard InChI is InChI=1S/C65H98N4O19/c1-41-17-15-13-11-9-7-5-6-8-10-12-14-16-18-53(86-64-61(81)59(66)60(80)43(3)85-64)38-56-58(63(82)68-25-26-69-27-29-84-30-28-69)55(78)40-65(83,88-56)39-52(76)35-50(74)33-48(72)31-47(71)32-49(73)34-51(75)37-57(79)87-62(41)42(2)19-24-46(70)36-54(77)44-20-22-45(67-4)23-21-44/h5-18,20-23,41-43,46-48,50-53,55-56,58-62,64,67,70-72,74-76,78,80-81,83H,19,24-40,66H2,1-4H3,(H,68,82)/b6-5-,9-7-,10-8+,13-11+,14-12+,17-15+,18-16+/t41?,42?,43-,46?,47?,48?,50?,51?,52?,53?,55?,56?,58?,59+,60-,61+,62?,64+,65?/m1/s1. The number of benzene rings is 1. The Hall–Kier alpha value is -5.16. The molecular formula is C65H98N4O19. The van der Waals surface area contributed by atoms with Crippen molar-refractivity contribution in [2.45, 2.75) is 195 Å². The molecule has 2 bridgehead atoms. The zero-order valence-corrected chi connectivity index (χ0v) is 51.2. The first-order valence-corrected chi connectivity index (χ1v) is 30.8. The number of hydrogen-bond acceptors (Lipinski definition) is 22. The fraction of sp³-hybridized carbons (Fsp3) is 0.631. The van der Waals surface area contributed by atoms with Crippen LogP contribution in [0.3, 0.4) is 0 Å². The first-order chi connectivity index (χ1) is 41.9. The highest BCUT2D eigenvalue weighted by Crippen LogP contribution is 2.38. The number of nitrogens with two attached hydrogens (primary N) is 1. The Balaban J connectivity index is 1.35. The molecule has 0 aliphatic carbocycles. The van der Waals surface area contributed by atoms with Gasteiger partial charge in [0.1, 0.15) is 18.0 Å². The SMILES string of the molecule is CNc1ccc(C(=O)CC(O)CCC(C)C2OC(=O)CC(O)CC(=O)CC(O)CC(O)CC(O)CC(O)CC3(O)CC(O)C(C(=O)NCCN4CCOCC4)C(CC(O[C@@H]4O[C@H](C)[C@@H](O)[C@H](N)[C@@H]4O)/C=C/C=C/C=C/C=C\C=C/C=C/C=C/C2C)O3)cc1. The molecule has 23 heteroatoms. The maximum Gasteiger partial charge on any atom is 0.308 e. The molecular weight excluding hydrogens is 1140 g/mol. The zero-order chi connectivity index (χ0) is 64.3. The summed E-state index contributed by atoms with van der Waals surface area (Å²) in [5, 5.41) is 117. The molecule has 3 fully saturated rings. The number of fused-ring (bicyclic) bond motifs is 2. The molecule has 0 radical (unpaired) electrons. The van der Waals surface area contributed by atoms with Gasteiger partial charge in [0.2, 0.25) is 5.91 Å². The molecule has 4 heterocycles. The van der Waals surface area contributed by atoms with Gasteiger partial charge >= 0.3 is 5.97 Å². The minimum absolute atomic E-state index is 0.103. The van der Waals surface area contributed by atoms with Crippen LogP contribution < -0.4 is 16.4 Å². The summed E-state index contributed by atoms with van der Waals surface area (Å²) in [6, 6.07) is 5.77. The monoisotopic (exact) mass is 1240 g/mol. The summed E-state index contributed by atoms with van der Waals surface area (Å²) in [6.07, 6.45) is 3.27. The van der Waals surface area contributed by atoms with E-state index in [1.165, 1.54) is 0 Å². The van der Waals surface area contributed by atoms with Gasteiger partial charge < -0.3 is 91.1 Å². The van der Waals surface area contributed by atoms with E-state index < -0.39 is 160 Å². The third-order valence-electron chi connectivity index (χ3n) is 16.2. The van der Waals surface area contributed by atoms with E-state index in [1.807, 2.05) is 19.9 Å². The lowest BCUT2D eigenvalue weighted by Crippen LogP contribution is -2.62. The van der Waals surface area contributed by atoms with Crippen molar-refractivity contribution in [2.24, 2.45) is 23.5 Å². The van der Waals surface area contributed by atoms with E-state index >= 15 is 0 Å². The van der Waals surface area contributed by atoms with Crippen molar-refractivity contribution in [1.82, 2.24) is 10.2 Å². The number of hydrogen-bond donors (Lipinski definition) is 13. The second-order valence-corrected chi connectivity index (χ2v) is 23.8. The molecule has 14 N–H and O–H groups in total. The number of ether oxygens (including phenoxy) is 5. The molecule has 4 aliphatic heterocycles. The lowest BCUT2D eigenvalue weighted by Gasteiger charge is -2.46. The molecule has 23 nitrogen and oxygen atoms in total.